The van der Waals surface area contributed by atoms with Crippen molar-refractivity contribution in [3.63, 3.8) is 0 Å². The molecule has 1 aromatic carbocycles. The number of aromatic nitrogens is 2. The van der Waals surface area contributed by atoms with Crippen LogP contribution in [0.3, 0.4) is 0 Å². The quantitative estimate of drug-likeness (QED) is 0.710. The summed E-state index contributed by atoms with van der Waals surface area (Å²) in [5.74, 6) is -0.0876. The second kappa shape index (κ2) is 7.90. The summed E-state index contributed by atoms with van der Waals surface area (Å²) >= 11 is 1.56. The minimum atomic E-state index is -0.0876. The van der Waals surface area contributed by atoms with Crippen LogP contribution in [0, 0.1) is 13.8 Å². The molecule has 0 fully saturated rings. The first kappa shape index (κ1) is 17.1. The molecular formula is C19H20N4OS. The zero-order valence-electron chi connectivity index (χ0n) is 14.2. The molecule has 0 unspecified atom stereocenters. The summed E-state index contributed by atoms with van der Waals surface area (Å²) in [6.07, 6.45) is 3.58. The molecule has 3 aromatic rings. The Labute approximate surface area is 151 Å². The number of benzene rings is 1. The Hall–Kier alpha value is -2.73. The monoisotopic (exact) mass is 352 g/mol. The number of thiazole rings is 1. The fourth-order valence-electron chi connectivity index (χ4n) is 2.51. The molecule has 2 heterocycles. The van der Waals surface area contributed by atoms with E-state index in [1.54, 1.807) is 17.5 Å². The van der Waals surface area contributed by atoms with Crippen LogP contribution in [0.1, 0.15) is 32.2 Å². The van der Waals surface area contributed by atoms with Crippen molar-refractivity contribution < 1.29 is 4.79 Å². The lowest BCUT2D eigenvalue weighted by molar-refractivity contribution is 0.0950. The fraction of sp³-hybridized carbons (Fsp3) is 0.211. The van der Waals surface area contributed by atoms with Gasteiger partial charge in [0.15, 0.2) is 0 Å². The maximum atomic E-state index is 12.5. The minimum absolute atomic E-state index is 0.0876. The molecular weight excluding hydrogens is 332 g/mol. The highest BCUT2D eigenvalue weighted by molar-refractivity contribution is 7.09. The van der Waals surface area contributed by atoms with E-state index in [9.17, 15) is 4.79 Å². The van der Waals surface area contributed by atoms with E-state index in [1.165, 1.54) is 0 Å². The molecule has 0 aliphatic carbocycles. The lowest BCUT2D eigenvalue weighted by atomic mass is 10.1. The Morgan fingerprint density at radius 1 is 1.16 bits per heavy atom. The zero-order valence-corrected chi connectivity index (χ0v) is 15.1. The maximum absolute atomic E-state index is 12.5. The molecule has 25 heavy (non-hydrogen) atoms. The lowest BCUT2D eigenvalue weighted by Crippen LogP contribution is -2.23. The molecule has 2 N–H and O–H groups in total. The average molecular weight is 352 g/mol. The van der Waals surface area contributed by atoms with Crippen molar-refractivity contribution >= 4 is 22.9 Å². The van der Waals surface area contributed by atoms with Gasteiger partial charge in [-0.2, -0.15) is 0 Å². The SMILES string of the molecule is Cc1csc(CNC(=O)c2cccc(NCc3cccnc3)c2C)n1. The van der Waals surface area contributed by atoms with Gasteiger partial charge in [-0.1, -0.05) is 12.1 Å². The van der Waals surface area contributed by atoms with Gasteiger partial charge in [-0.3, -0.25) is 9.78 Å². The molecule has 2 aromatic heterocycles. The van der Waals surface area contributed by atoms with Gasteiger partial charge >= 0.3 is 0 Å². The van der Waals surface area contributed by atoms with Crippen LogP contribution in [-0.2, 0) is 13.1 Å². The molecule has 0 atom stereocenters. The number of hydrogen-bond acceptors (Lipinski definition) is 5. The third kappa shape index (κ3) is 4.42. The highest BCUT2D eigenvalue weighted by atomic mass is 32.1. The highest BCUT2D eigenvalue weighted by Gasteiger charge is 2.12. The number of carbonyl (C=O) groups is 1. The van der Waals surface area contributed by atoms with Crippen LogP contribution in [0.2, 0.25) is 0 Å². The van der Waals surface area contributed by atoms with E-state index in [-0.39, 0.29) is 5.91 Å². The minimum Gasteiger partial charge on any atom is -0.381 e. The van der Waals surface area contributed by atoms with Crippen molar-refractivity contribution in [3.8, 4) is 0 Å². The van der Waals surface area contributed by atoms with E-state index in [0.29, 0.717) is 18.7 Å². The highest BCUT2D eigenvalue weighted by Crippen LogP contribution is 2.20. The predicted octanol–water partition coefficient (Wildman–Crippen LogP) is 3.70. The van der Waals surface area contributed by atoms with Crippen LogP contribution < -0.4 is 10.6 Å². The summed E-state index contributed by atoms with van der Waals surface area (Å²) < 4.78 is 0. The lowest BCUT2D eigenvalue weighted by Gasteiger charge is -2.13. The number of amides is 1. The predicted molar refractivity (Wildman–Crippen MR) is 101 cm³/mol. The molecule has 1 amide bonds. The Bertz CT molecular complexity index is 861. The molecule has 0 aliphatic heterocycles. The number of pyridine rings is 1. The first-order chi connectivity index (χ1) is 12.1. The number of anilines is 1. The summed E-state index contributed by atoms with van der Waals surface area (Å²) in [4.78, 5) is 21.0. The Balaban J connectivity index is 1.66. The van der Waals surface area contributed by atoms with Gasteiger partial charge in [0.05, 0.1) is 6.54 Å². The van der Waals surface area contributed by atoms with Crippen molar-refractivity contribution in [2.75, 3.05) is 5.32 Å². The van der Waals surface area contributed by atoms with Gasteiger partial charge in [0.2, 0.25) is 0 Å². The van der Waals surface area contributed by atoms with E-state index in [2.05, 4.69) is 20.6 Å². The van der Waals surface area contributed by atoms with E-state index in [0.717, 1.165) is 27.5 Å². The number of hydrogen-bond donors (Lipinski definition) is 2. The normalized spacial score (nSPS) is 10.5. The molecule has 5 nitrogen and oxygen atoms in total. The standard InChI is InChI=1S/C19H20N4OS/c1-13-12-25-18(23-13)11-22-19(24)16-6-3-7-17(14(16)2)21-10-15-5-4-8-20-9-15/h3-9,12,21H,10-11H2,1-2H3,(H,22,24). The molecule has 0 bridgehead atoms. The van der Waals surface area contributed by atoms with Gasteiger partial charge in [0.1, 0.15) is 5.01 Å². The van der Waals surface area contributed by atoms with Crippen LogP contribution >= 0.6 is 11.3 Å². The largest absolute Gasteiger partial charge is 0.381 e. The third-order valence-electron chi connectivity index (χ3n) is 3.85. The van der Waals surface area contributed by atoms with Crippen LogP contribution in [0.15, 0.2) is 48.1 Å². The number of rotatable bonds is 6. The summed E-state index contributed by atoms with van der Waals surface area (Å²) in [5, 5.41) is 9.21. The zero-order chi connectivity index (χ0) is 17.6. The molecule has 6 heteroatoms. The van der Waals surface area contributed by atoms with Crippen LogP contribution in [0.5, 0.6) is 0 Å². The number of carbonyl (C=O) groups excluding carboxylic acids is 1. The second-order valence-corrected chi connectivity index (χ2v) is 6.70. The Morgan fingerprint density at radius 3 is 2.76 bits per heavy atom. The molecule has 3 rings (SSSR count). The van der Waals surface area contributed by atoms with Crippen LogP contribution in [0.4, 0.5) is 5.69 Å². The third-order valence-corrected chi connectivity index (χ3v) is 4.82. The molecule has 0 saturated heterocycles. The summed E-state index contributed by atoms with van der Waals surface area (Å²) in [7, 11) is 0. The van der Waals surface area contributed by atoms with E-state index in [1.807, 2.05) is 55.8 Å². The van der Waals surface area contributed by atoms with Gasteiger partial charge in [-0.05, 0) is 43.2 Å². The summed E-state index contributed by atoms with van der Waals surface area (Å²) in [6, 6.07) is 9.64. The van der Waals surface area contributed by atoms with Crippen molar-refractivity contribution in [1.82, 2.24) is 15.3 Å². The van der Waals surface area contributed by atoms with Crippen molar-refractivity contribution in [2.45, 2.75) is 26.9 Å². The number of aryl methyl sites for hydroxylation is 1. The van der Waals surface area contributed by atoms with Gasteiger partial charge in [-0.25, -0.2) is 4.98 Å². The van der Waals surface area contributed by atoms with E-state index < -0.39 is 0 Å². The number of nitrogens with zero attached hydrogens (tertiary/aromatic N) is 2. The molecule has 128 valence electrons. The molecule has 0 spiro atoms. The average Bonchev–Trinajstić information content (AvgIpc) is 3.05. The topological polar surface area (TPSA) is 66.9 Å². The van der Waals surface area contributed by atoms with Crippen molar-refractivity contribution in [3.05, 3.63) is 75.5 Å². The van der Waals surface area contributed by atoms with E-state index >= 15 is 0 Å². The Kier molecular flexibility index (Phi) is 5.40. The van der Waals surface area contributed by atoms with Crippen LogP contribution in [0.25, 0.3) is 0 Å². The van der Waals surface area contributed by atoms with Crippen LogP contribution in [-0.4, -0.2) is 15.9 Å². The first-order valence-corrected chi connectivity index (χ1v) is 8.93. The fourth-order valence-corrected chi connectivity index (χ4v) is 3.22. The first-order valence-electron chi connectivity index (χ1n) is 8.05. The second-order valence-electron chi connectivity index (χ2n) is 5.76. The van der Waals surface area contributed by atoms with Crippen molar-refractivity contribution in [2.24, 2.45) is 0 Å². The molecule has 0 saturated carbocycles. The van der Waals surface area contributed by atoms with Gasteiger partial charge in [0, 0.05) is 41.3 Å². The summed E-state index contributed by atoms with van der Waals surface area (Å²) in [5.41, 5.74) is 4.62. The summed E-state index contributed by atoms with van der Waals surface area (Å²) in [6.45, 7) is 5.01. The molecule has 0 radical (unpaired) electrons. The smallest absolute Gasteiger partial charge is 0.251 e. The number of nitrogens with one attached hydrogen (secondary N) is 2. The van der Waals surface area contributed by atoms with Gasteiger partial charge < -0.3 is 10.6 Å². The molecule has 0 aliphatic rings. The van der Waals surface area contributed by atoms with Gasteiger partial charge in [0.25, 0.3) is 5.91 Å². The maximum Gasteiger partial charge on any atom is 0.251 e. The van der Waals surface area contributed by atoms with Gasteiger partial charge in [-0.15, -0.1) is 11.3 Å². The Morgan fingerprint density at radius 2 is 2.04 bits per heavy atom. The van der Waals surface area contributed by atoms with Crippen molar-refractivity contribution in [1.29, 1.82) is 0 Å². The van der Waals surface area contributed by atoms with E-state index in [4.69, 9.17) is 0 Å².